The molecule has 0 radical (unpaired) electrons. The van der Waals surface area contributed by atoms with Gasteiger partial charge in [0.15, 0.2) is 0 Å². The van der Waals surface area contributed by atoms with Crippen molar-refractivity contribution in [1.82, 2.24) is 0 Å². The van der Waals surface area contributed by atoms with Crippen molar-refractivity contribution in [2.75, 3.05) is 0 Å². The topological polar surface area (TPSA) is 49.8 Å². The zero-order valence-electron chi connectivity index (χ0n) is 7.83. The average Bonchev–Trinajstić information content (AvgIpc) is 2.18. The van der Waals surface area contributed by atoms with Crippen LogP contribution in [0.5, 0.6) is 0 Å². The van der Waals surface area contributed by atoms with E-state index < -0.39 is 0 Å². The average molecular weight is 174 g/mol. The molecule has 0 aliphatic heterocycles. The van der Waals surface area contributed by atoms with Crippen molar-refractivity contribution < 1.29 is 0 Å². The summed E-state index contributed by atoms with van der Waals surface area (Å²) in [5.74, 6) is 0. The van der Waals surface area contributed by atoms with Gasteiger partial charge in [-0.05, 0) is 24.1 Å². The molecule has 2 nitrogen and oxygen atoms in total. The van der Waals surface area contributed by atoms with E-state index in [-0.39, 0.29) is 6.04 Å². The second-order valence-corrected chi connectivity index (χ2v) is 3.13. The molecule has 0 heterocycles. The number of nitrogens with zero attached hydrogens (tertiary/aromatic N) is 1. The largest absolute Gasteiger partial charge is 0.324 e. The van der Waals surface area contributed by atoms with Crippen molar-refractivity contribution in [3.8, 4) is 6.07 Å². The lowest BCUT2D eigenvalue weighted by molar-refractivity contribution is 0.638. The van der Waals surface area contributed by atoms with Crippen LogP contribution in [-0.2, 0) is 0 Å². The molecule has 1 atom stereocenters. The van der Waals surface area contributed by atoms with Crippen molar-refractivity contribution in [3.63, 3.8) is 0 Å². The Bertz CT molecular complexity index is 295. The number of rotatable bonds is 3. The normalized spacial score (nSPS) is 12.1. The lowest BCUT2D eigenvalue weighted by Gasteiger charge is -2.09. The lowest BCUT2D eigenvalue weighted by atomic mass is 10.0. The Morgan fingerprint density at radius 2 is 2.00 bits per heavy atom. The summed E-state index contributed by atoms with van der Waals surface area (Å²) in [6.45, 7) is 2.11. The fourth-order valence-corrected chi connectivity index (χ4v) is 1.28. The Morgan fingerprint density at radius 1 is 1.38 bits per heavy atom. The van der Waals surface area contributed by atoms with Crippen molar-refractivity contribution in [2.45, 2.75) is 25.8 Å². The van der Waals surface area contributed by atoms with Crippen LogP contribution in [0.3, 0.4) is 0 Å². The monoisotopic (exact) mass is 174 g/mol. The van der Waals surface area contributed by atoms with Gasteiger partial charge in [0.05, 0.1) is 11.6 Å². The van der Waals surface area contributed by atoms with Gasteiger partial charge in [0, 0.05) is 6.04 Å². The molecule has 0 aliphatic carbocycles. The van der Waals surface area contributed by atoms with E-state index >= 15 is 0 Å². The standard InChI is InChI=1S/C11H14N2/c1-2-3-11(13)10-6-4-9(8-12)5-7-10/h4-7,11H,2-3,13H2,1H3/t11-/m1/s1. The van der Waals surface area contributed by atoms with E-state index in [0.717, 1.165) is 18.4 Å². The molecule has 0 saturated heterocycles. The van der Waals surface area contributed by atoms with Gasteiger partial charge in [-0.3, -0.25) is 0 Å². The number of hydrogen-bond acceptors (Lipinski definition) is 2. The van der Waals surface area contributed by atoms with Gasteiger partial charge in [0.1, 0.15) is 0 Å². The van der Waals surface area contributed by atoms with E-state index in [4.69, 9.17) is 11.0 Å². The predicted molar refractivity (Wildman–Crippen MR) is 53.0 cm³/mol. The third-order valence-corrected chi connectivity index (χ3v) is 2.07. The molecule has 0 amide bonds. The number of nitriles is 1. The first-order valence-corrected chi connectivity index (χ1v) is 4.53. The lowest BCUT2D eigenvalue weighted by Crippen LogP contribution is -2.09. The summed E-state index contributed by atoms with van der Waals surface area (Å²) in [6.07, 6.45) is 2.08. The first-order valence-electron chi connectivity index (χ1n) is 4.53. The number of benzene rings is 1. The van der Waals surface area contributed by atoms with E-state index in [0.29, 0.717) is 5.56 Å². The summed E-state index contributed by atoms with van der Waals surface area (Å²) >= 11 is 0. The van der Waals surface area contributed by atoms with E-state index in [1.807, 2.05) is 24.3 Å². The highest BCUT2D eigenvalue weighted by molar-refractivity contribution is 5.32. The maximum atomic E-state index is 8.59. The summed E-state index contributed by atoms with van der Waals surface area (Å²) in [5.41, 5.74) is 7.71. The minimum absolute atomic E-state index is 0.109. The van der Waals surface area contributed by atoms with Gasteiger partial charge in [-0.25, -0.2) is 0 Å². The van der Waals surface area contributed by atoms with Crippen LogP contribution in [0, 0.1) is 11.3 Å². The maximum Gasteiger partial charge on any atom is 0.0991 e. The molecule has 1 aromatic rings. The Hall–Kier alpha value is -1.33. The smallest absolute Gasteiger partial charge is 0.0991 e. The predicted octanol–water partition coefficient (Wildman–Crippen LogP) is 2.36. The molecule has 0 fully saturated rings. The molecular weight excluding hydrogens is 160 g/mol. The van der Waals surface area contributed by atoms with Crippen LogP contribution in [0.4, 0.5) is 0 Å². The molecule has 13 heavy (non-hydrogen) atoms. The Kier molecular flexibility index (Phi) is 3.48. The molecule has 0 bridgehead atoms. The zero-order valence-corrected chi connectivity index (χ0v) is 7.83. The molecule has 0 saturated carbocycles. The van der Waals surface area contributed by atoms with Gasteiger partial charge in [0.2, 0.25) is 0 Å². The Balaban J connectivity index is 2.75. The fourth-order valence-electron chi connectivity index (χ4n) is 1.28. The highest BCUT2D eigenvalue weighted by atomic mass is 14.6. The molecule has 68 valence electrons. The molecule has 0 aliphatic rings. The molecule has 2 heteroatoms. The van der Waals surface area contributed by atoms with Crippen LogP contribution in [0.15, 0.2) is 24.3 Å². The SMILES string of the molecule is CCC[C@@H](N)c1ccc(C#N)cc1. The van der Waals surface area contributed by atoms with Crippen molar-refractivity contribution >= 4 is 0 Å². The van der Waals surface area contributed by atoms with E-state index in [1.165, 1.54) is 0 Å². The number of nitrogens with two attached hydrogens (primary N) is 1. The van der Waals surface area contributed by atoms with Crippen LogP contribution >= 0.6 is 0 Å². The molecular formula is C11H14N2. The molecule has 0 aromatic heterocycles. The Labute approximate surface area is 79.0 Å². The van der Waals surface area contributed by atoms with Gasteiger partial charge < -0.3 is 5.73 Å². The summed E-state index contributed by atoms with van der Waals surface area (Å²) < 4.78 is 0. The van der Waals surface area contributed by atoms with E-state index in [9.17, 15) is 0 Å². The summed E-state index contributed by atoms with van der Waals surface area (Å²) in [7, 11) is 0. The van der Waals surface area contributed by atoms with Gasteiger partial charge in [-0.15, -0.1) is 0 Å². The second kappa shape index (κ2) is 4.64. The highest BCUT2D eigenvalue weighted by Gasteiger charge is 2.03. The van der Waals surface area contributed by atoms with E-state index in [1.54, 1.807) is 0 Å². The van der Waals surface area contributed by atoms with Crippen LogP contribution in [0.1, 0.15) is 36.9 Å². The third-order valence-electron chi connectivity index (χ3n) is 2.07. The molecule has 2 N–H and O–H groups in total. The number of hydrogen-bond donors (Lipinski definition) is 1. The minimum atomic E-state index is 0.109. The van der Waals surface area contributed by atoms with Crippen LogP contribution in [-0.4, -0.2) is 0 Å². The zero-order chi connectivity index (χ0) is 9.68. The van der Waals surface area contributed by atoms with Gasteiger partial charge in [0.25, 0.3) is 0 Å². The quantitative estimate of drug-likeness (QED) is 0.764. The first-order chi connectivity index (χ1) is 6.27. The molecule has 1 aromatic carbocycles. The van der Waals surface area contributed by atoms with Gasteiger partial charge >= 0.3 is 0 Å². The van der Waals surface area contributed by atoms with Crippen LogP contribution in [0.25, 0.3) is 0 Å². The van der Waals surface area contributed by atoms with E-state index in [2.05, 4.69) is 13.0 Å². The fraction of sp³-hybridized carbons (Fsp3) is 0.364. The summed E-state index contributed by atoms with van der Waals surface area (Å²) in [5, 5.41) is 8.59. The van der Waals surface area contributed by atoms with Gasteiger partial charge in [-0.2, -0.15) is 5.26 Å². The second-order valence-electron chi connectivity index (χ2n) is 3.13. The third kappa shape index (κ3) is 2.57. The Morgan fingerprint density at radius 3 is 2.46 bits per heavy atom. The maximum absolute atomic E-state index is 8.59. The summed E-state index contributed by atoms with van der Waals surface area (Å²) in [4.78, 5) is 0. The van der Waals surface area contributed by atoms with Gasteiger partial charge in [-0.1, -0.05) is 25.5 Å². The molecule has 0 spiro atoms. The molecule has 0 unspecified atom stereocenters. The summed E-state index contributed by atoms with van der Waals surface area (Å²) in [6, 6.07) is 9.67. The highest BCUT2D eigenvalue weighted by Crippen LogP contribution is 2.15. The van der Waals surface area contributed by atoms with Crippen molar-refractivity contribution in [1.29, 1.82) is 5.26 Å². The first kappa shape index (κ1) is 9.76. The van der Waals surface area contributed by atoms with Crippen LogP contribution in [0.2, 0.25) is 0 Å². The van der Waals surface area contributed by atoms with Crippen molar-refractivity contribution in [3.05, 3.63) is 35.4 Å². The molecule has 1 rings (SSSR count). The minimum Gasteiger partial charge on any atom is -0.324 e. The van der Waals surface area contributed by atoms with Crippen molar-refractivity contribution in [2.24, 2.45) is 5.73 Å². The van der Waals surface area contributed by atoms with Crippen LogP contribution < -0.4 is 5.73 Å².